The lowest BCUT2D eigenvalue weighted by Gasteiger charge is -2.12. The lowest BCUT2D eigenvalue weighted by molar-refractivity contribution is 0.0951. The van der Waals surface area contributed by atoms with E-state index in [-0.39, 0.29) is 5.91 Å². The SMILES string of the molecule is Cc1ccc(C)c(Nc2cncc(C(=O)NCCC(C)C)c2)c1. The molecule has 0 bridgehead atoms. The second kappa shape index (κ2) is 7.77. The number of hydrogen-bond donors (Lipinski definition) is 2. The van der Waals surface area contributed by atoms with Gasteiger partial charge in [-0.3, -0.25) is 9.78 Å². The van der Waals surface area contributed by atoms with Gasteiger partial charge in [0.2, 0.25) is 0 Å². The van der Waals surface area contributed by atoms with Crippen molar-refractivity contribution < 1.29 is 4.79 Å². The summed E-state index contributed by atoms with van der Waals surface area (Å²) < 4.78 is 0. The minimum atomic E-state index is -0.0808. The summed E-state index contributed by atoms with van der Waals surface area (Å²) >= 11 is 0. The van der Waals surface area contributed by atoms with Crippen LogP contribution in [0.4, 0.5) is 11.4 Å². The van der Waals surface area contributed by atoms with Gasteiger partial charge in [0.15, 0.2) is 0 Å². The second-order valence-electron chi connectivity index (χ2n) is 6.34. The number of nitrogens with zero attached hydrogens (tertiary/aromatic N) is 1. The van der Waals surface area contributed by atoms with Gasteiger partial charge in [0.1, 0.15) is 0 Å². The third-order valence-electron chi connectivity index (χ3n) is 3.68. The van der Waals surface area contributed by atoms with Gasteiger partial charge in [-0.1, -0.05) is 26.0 Å². The molecule has 1 heterocycles. The third kappa shape index (κ3) is 5.09. The summed E-state index contributed by atoms with van der Waals surface area (Å²) in [5.41, 5.74) is 4.76. The molecule has 122 valence electrons. The van der Waals surface area contributed by atoms with Crippen molar-refractivity contribution in [2.45, 2.75) is 34.1 Å². The number of nitrogens with one attached hydrogen (secondary N) is 2. The molecule has 0 spiro atoms. The number of benzene rings is 1. The fourth-order valence-corrected chi connectivity index (χ4v) is 2.23. The first-order valence-electron chi connectivity index (χ1n) is 8.03. The number of amides is 1. The van der Waals surface area contributed by atoms with E-state index in [1.165, 1.54) is 5.56 Å². The Kier molecular flexibility index (Phi) is 5.74. The Balaban J connectivity index is 2.07. The Labute approximate surface area is 138 Å². The fourth-order valence-electron chi connectivity index (χ4n) is 2.23. The molecule has 0 aliphatic rings. The van der Waals surface area contributed by atoms with Crippen molar-refractivity contribution in [3.05, 3.63) is 53.3 Å². The molecule has 1 amide bonds. The summed E-state index contributed by atoms with van der Waals surface area (Å²) in [6.45, 7) is 9.08. The van der Waals surface area contributed by atoms with Crippen molar-refractivity contribution in [1.82, 2.24) is 10.3 Å². The predicted octanol–water partition coefficient (Wildman–Crippen LogP) is 4.22. The molecule has 0 aliphatic carbocycles. The van der Waals surface area contributed by atoms with Crippen LogP contribution in [0.3, 0.4) is 0 Å². The summed E-state index contributed by atoms with van der Waals surface area (Å²) in [6.07, 6.45) is 4.30. The zero-order valence-corrected chi connectivity index (χ0v) is 14.3. The van der Waals surface area contributed by atoms with E-state index in [1.807, 2.05) is 6.07 Å². The molecule has 0 unspecified atom stereocenters. The van der Waals surface area contributed by atoms with Crippen LogP contribution in [-0.2, 0) is 0 Å². The number of carbonyl (C=O) groups is 1. The minimum absolute atomic E-state index is 0.0808. The van der Waals surface area contributed by atoms with Crippen LogP contribution < -0.4 is 10.6 Å². The van der Waals surface area contributed by atoms with E-state index >= 15 is 0 Å². The van der Waals surface area contributed by atoms with Crippen LogP contribution in [-0.4, -0.2) is 17.4 Å². The highest BCUT2D eigenvalue weighted by molar-refractivity contribution is 5.94. The summed E-state index contributed by atoms with van der Waals surface area (Å²) in [5, 5.41) is 6.28. The first kappa shape index (κ1) is 17.0. The Hall–Kier alpha value is -2.36. The van der Waals surface area contributed by atoms with Crippen LogP contribution >= 0.6 is 0 Å². The zero-order valence-electron chi connectivity index (χ0n) is 14.3. The summed E-state index contributed by atoms with van der Waals surface area (Å²) in [5.74, 6) is 0.494. The molecule has 0 fully saturated rings. The molecule has 0 saturated heterocycles. The van der Waals surface area contributed by atoms with Gasteiger partial charge >= 0.3 is 0 Å². The molecular weight excluding hydrogens is 286 g/mol. The average Bonchev–Trinajstić information content (AvgIpc) is 2.51. The normalized spacial score (nSPS) is 10.7. The van der Waals surface area contributed by atoms with E-state index in [0.29, 0.717) is 18.0 Å². The van der Waals surface area contributed by atoms with Crippen molar-refractivity contribution in [2.75, 3.05) is 11.9 Å². The number of carbonyl (C=O) groups excluding carboxylic acids is 1. The van der Waals surface area contributed by atoms with Crippen molar-refractivity contribution in [1.29, 1.82) is 0 Å². The molecule has 1 aromatic carbocycles. The van der Waals surface area contributed by atoms with Crippen molar-refractivity contribution in [3.63, 3.8) is 0 Å². The van der Waals surface area contributed by atoms with E-state index in [0.717, 1.165) is 23.4 Å². The topological polar surface area (TPSA) is 54.0 Å². The Bertz CT molecular complexity index is 680. The lowest BCUT2D eigenvalue weighted by atomic mass is 10.1. The molecule has 4 nitrogen and oxygen atoms in total. The molecule has 0 atom stereocenters. The number of aromatic nitrogens is 1. The van der Waals surface area contributed by atoms with E-state index in [2.05, 4.69) is 61.5 Å². The summed E-state index contributed by atoms with van der Waals surface area (Å²) in [4.78, 5) is 16.3. The molecule has 2 rings (SSSR count). The van der Waals surface area contributed by atoms with E-state index in [9.17, 15) is 4.79 Å². The predicted molar refractivity (Wildman–Crippen MR) is 95.2 cm³/mol. The van der Waals surface area contributed by atoms with Gasteiger partial charge in [0.25, 0.3) is 5.91 Å². The van der Waals surface area contributed by atoms with E-state index < -0.39 is 0 Å². The maximum atomic E-state index is 12.2. The van der Waals surface area contributed by atoms with Gasteiger partial charge in [-0.25, -0.2) is 0 Å². The zero-order chi connectivity index (χ0) is 16.8. The maximum Gasteiger partial charge on any atom is 0.252 e. The third-order valence-corrected chi connectivity index (χ3v) is 3.68. The first-order chi connectivity index (χ1) is 11.0. The van der Waals surface area contributed by atoms with Gasteiger partial charge in [0.05, 0.1) is 17.4 Å². The maximum absolute atomic E-state index is 12.2. The van der Waals surface area contributed by atoms with Gasteiger partial charge in [0, 0.05) is 18.4 Å². The number of pyridine rings is 1. The highest BCUT2D eigenvalue weighted by Gasteiger charge is 2.08. The number of hydrogen-bond acceptors (Lipinski definition) is 3. The van der Waals surface area contributed by atoms with Crippen molar-refractivity contribution in [3.8, 4) is 0 Å². The highest BCUT2D eigenvalue weighted by atomic mass is 16.1. The number of rotatable bonds is 6. The molecule has 2 N–H and O–H groups in total. The van der Waals surface area contributed by atoms with Crippen LogP contribution in [0.2, 0.25) is 0 Å². The van der Waals surface area contributed by atoms with Crippen molar-refractivity contribution in [2.24, 2.45) is 5.92 Å². The van der Waals surface area contributed by atoms with Crippen LogP contribution in [0.5, 0.6) is 0 Å². The summed E-state index contributed by atoms with van der Waals surface area (Å²) in [7, 11) is 0. The average molecular weight is 311 g/mol. The first-order valence-corrected chi connectivity index (χ1v) is 8.03. The van der Waals surface area contributed by atoms with E-state index in [1.54, 1.807) is 12.4 Å². The summed E-state index contributed by atoms with van der Waals surface area (Å²) in [6, 6.07) is 8.08. The van der Waals surface area contributed by atoms with Crippen LogP contribution in [0.1, 0.15) is 41.8 Å². The van der Waals surface area contributed by atoms with Gasteiger partial charge < -0.3 is 10.6 Å². The molecule has 1 aromatic heterocycles. The highest BCUT2D eigenvalue weighted by Crippen LogP contribution is 2.21. The molecule has 4 heteroatoms. The quantitative estimate of drug-likeness (QED) is 0.840. The standard InChI is InChI=1S/C19H25N3O/c1-13(2)7-8-21-19(23)16-10-17(12-20-11-16)22-18-9-14(3)5-6-15(18)4/h5-6,9-13,22H,7-8H2,1-4H3,(H,21,23). The Morgan fingerprint density at radius 2 is 1.96 bits per heavy atom. The number of anilines is 2. The monoisotopic (exact) mass is 311 g/mol. The molecule has 0 aliphatic heterocycles. The van der Waals surface area contributed by atoms with Crippen LogP contribution in [0, 0.1) is 19.8 Å². The molecule has 2 aromatic rings. The van der Waals surface area contributed by atoms with Crippen LogP contribution in [0.15, 0.2) is 36.7 Å². The largest absolute Gasteiger partial charge is 0.354 e. The molecule has 0 saturated carbocycles. The van der Waals surface area contributed by atoms with Gasteiger partial charge in [-0.05, 0) is 49.4 Å². The van der Waals surface area contributed by atoms with E-state index in [4.69, 9.17) is 0 Å². The Morgan fingerprint density at radius 1 is 1.17 bits per heavy atom. The minimum Gasteiger partial charge on any atom is -0.354 e. The molecule has 0 radical (unpaired) electrons. The van der Waals surface area contributed by atoms with Gasteiger partial charge in [-0.15, -0.1) is 0 Å². The smallest absolute Gasteiger partial charge is 0.252 e. The Morgan fingerprint density at radius 3 is 2.70 bits per heavy atom. The lowest BCUT2D eigenvalue weighted by Crippen LogP contribution is -2.25. The molecule has 23 heavy (non-hydrogen) atoms. The van der Waals surface area contributed by atoms with Gasteiger partial charge in [-0.2, -0.15) is 0 Å². The van der Waals surface area contributed by atoms with Crippen molar-refractivity contribution >= 4 is 17.3 Å². The number of aryl methyl sites for hydroxylation is 2. The van der Waals surface area contributed by atoms with Crippen LogP contribution in [0.25, 0.3) is 0 Å². The molecular formula is C19H25N3O. The fraction of sp³-hybridized carbons (Fsp3) is 0.368. The second-order valence-corrected chi connectivity index (χ2v) is 6.34.